The van der Waals surface area contributed by atoms with Crippen LogP contribution < -0.4 is 5.32 Å². The van der Waals surface area contributed by atoms with Gasteiger partial charge in [-0.2, -0.15) is 0 Å². The van der Waals surface area contributed by atoms with Crippen molar-refractivity contribution in [2.45, 2.75) is 19.1 Å². The van der Waals surface area contributed by atoms with Gasteiger partial charge in [-0.05, 0) is 24.6 Å². The van der Waals surface area contributed by atoms with Gasteiger partial charge in [0.15, 0.2) is 6.10 Å². The Labute approximate surface area is 139 Å². The van der Waals surface area contributed by atoms with E-state index in [4.69, 9.17) is 0 Å². The van der Waals surface area contributed by atoms with Gasteiger partial charge in [-0.1, -0.05) is 53.7 Å². The van der Waals surface area contributed by atoms with E-state index >= 15 is 0 Å². The third kappa shape index (κ3) is 3.49. The number of carbonyl (C=O) groups is 1. The summed E-state index contributed by atoms with van der Waals surface area (Å²) in [5.41, 5.74) is 2.06. The summed E-state index contributed by atoms with van der Waals surface area (Å²) in [6.07, 6.45) is 0.549. The van der Waals surface area contributed by atoms with E-state index in [9.17, 15) is 9.90 Å². The van der Waals surface area contributed by atoms with E-state index in [1.165, 1.54) is 0 Å². The van der Waals surface area contributed by atoms with Gasteiger partial charge in [-0.15, -0.1) is 5.10 Å². The Balaban J connectivity index is 1.68. The highest BCUT2D eigenvalue weighted by Crippen LogP contribution is 2.16. The van der Waals surface area contributed by atoms with Crippen molar-refractivity contribution in [3.05, 3.63) is 78.1 Å². The Morgan fingerprint density at radius 1 is 1.08 bits per heavy atom. The van der Waals surface area contributed by atoms with Gasteiger partial charge in [0.25, 0.3) is 5.91 Å². The molecule has 1 amide bonds. The molecule has 3 rings (SSSR count). The van der Waals surface area contributed by atoms with Crippen LogP contribution in [0.2, 0.25) is 0 Å². The average molecular weight is 322 g/mol. The molecule has 2 atom stereocenters. The lowest BCUT2D eigenvalue weighted by molar-refractivity contribution is -0.130. The summed E-state index contributed by atoms with van der Waals surface area (Å²) in [6.45, 7) is 1.80. The Hall–Kier alpha value is -2.99. The molecular formula is C18H18N4O2. The number of amides is 1. The molecule has 0 aliphatic heterocycles. The molecule has 3 aromatic rings. The van der Waals surface area contributed by atoms with Crippen molar-refractivity contribution in [1.29, 1.82) is 0 Å². The Morgan fingerprint density at radius 2 is 1.71 bits per heavy atom. The second-order valence-electron chi connectivity index (χ2n) is 5.47. The molecule has 1 heterocycles. The van der Waals surface area contributed by atoms with Crippen LogP contribution in [0.25, 0.3) is 5.69 Å². The molecular weight excluding hydrogens is 304 g/mol. The molecule has 0 radical (unpaired) electrons. The fourth-order valence-corrected chi connectivity index (χ4v) is 2.34. The molecule has 0 aliphatic carbocycles. The fourth-order valence-electron chi connectivity index (χ4n) is 2.34. The van der Waals surface area contributed by atoms with E-state index in [2.05, 4.69) is 15.6 Å². The minimum atomic E-state index is -1.21. The lowest BCUT2D eigenvalue weighted by atomic mass is 10.1. The highest BCUT2D eigenvalue weighted by Gasteiger charge is 2.20. The maximum absolute atomic E-state index is 12.2. The number of carbonyl (C=O) groups excluding carboxylic acids is 1. The second-order valence-corrected chi connectivity index (χ2v) is 5.47. The lowest BCUT2D eigenvalue weighted by Crippen LogP contribution is -2.31. The van der Waals surface area contributed by atoms with E-state index in [1.807, 2.05) is 36.4 Å². The Kier molecular flexibility index (Phi) is 4.67. The van der Waals surface area contributed by atoms with Gasteiger partial charge in [-0.3, -0.25) is 4.79 Å². The molecule has 0 aliphatic rings. The van der Waals surface area contributed by atoms with Crippen LogP contribution in [0.5, 0.6) is 0 Å². The zero-order valence-corrected chi connectivity index (χ0v) is 13.2. The molecule has 0 saturated heterocycles. The third-order valence-electron chi connectivity index (χ3n) is 3.70. The maximum atomic E-state index is 12.2. The first kappa shape index (κ1) is 15.9. The fraction of sp³-hybridized carbons (Fsp3) is 0.167. The number of aliphatic hydroxyl groups excluding tert-OH is 1. The smallest absolute Gasteiger partial charge is 0.254 e. The average Bonchev–Trinajstić information content (AvgIpc) is 3.13. The van der Waals surface area contributed by atoms with Gasteiger partial charge in [0.2, 0.25) is 0 Å². The van der Waals surface area contributed by atoms with Gasteiger partial charge in [-0.25, -0.2) is 4.68 Å². The third-order valence-corrected chi connectivity index (χ3v) is 3.70. The molecule has 6 nitrogen and oxygen atoms in total. The molecule has 24 heavy (non-hydrogen) atoms. The van der Waals surface area contributed by atoms with Crippen LogP contribution >= 0.6 is 0 Å². The summed E-state index contributed by atoms with van der Waals surface area (Å²) in [6, 6.07) is 18.0. The molecule has 122 valence electrons. The van der Waals surface area contributed by atoms with E-state index in [0.29, 0.717) is 11.3 Å². The molecule has 2 N–H and O–H groups in total. The lowest BCUT2D eigenvalue weighted by Gasteiger charge is -2.15. The molecule has 0 spiro atoms. The minimum absolute atomic E-state index is 0.367. The summed E-state index contributed by atoms with van der Waals surface area (Å²) in [5.74, 6) is -0.469. The van der Waals surface area contributed by atoms with Crippen molar-refractivity contribution in [2.24, 2.45) is 0 Å². The number of aliphatic hydroxyl groups is 1. The molecule has 2 unspecified atom stereocenters. The number of hydrogen-bond acceptors (Lipinski definition) is 4. The minimum Gasteiger partial charge on any atom is -0.378 e. The number of nitrogens with zero attached hydrogens (tertiary/aromatic N) is 3. The topological polar surface area (TPSA) is 80.0 Å². The predicted molar refractivity (Wildman–Crippen MR) is 89.3 cm³/mol. The van der Waals surface area contributed by atoms with Crippen LogP contribution in [-0.4, -0.2) is 26.0 Å². The second kappa shape index (κ2) is 7.06. The molecule has 0 bridgehead atoms. The van der Waals surface area contributed by atoms with E-state index < -0.39 is 12.0 Å². The number of para-hydroxylation sites is 1. The first-order valence-corrected chi connectivity index (χ1v) is 7.66. The quantitative estimate of drug-likeness (QED) is 0.754. The van der Waals surface area contributed by atoms with Crippen molar-refractivity contribution in [3.8, 4) is 5.69 Å². The largest absolute Gasteiger partial charge is 0.378 e. The van der Waals surface area contributed by atoms with Gasteiger partial charge >= 0.3 is 0 Å². The Bertz CT molecular complexity index is 802. The summed E-state index contributed by atoms with van der Waals surface area (Å²) in [4.78, 5) is 12.2. The Morgan fingerprint density at radius 3 is 2.38 bits per heavy atom. The van der Waals surface area contributed by atoms with Crippen LogP contribution in [0.3, 0.4) is 0 Å². The standard InChI is InChI=1S/C18H18N4O2/c1-13(19-18(24)17(23)14-8-4-2-5-9-14)16-12-22(21-20-16)15-10-6-3-7-11-15/h2-13,17,23H,1H3,(H,19,24). The van der Waals surface area contributed by atoms with Gasteiger partial charge in [0, 0.05) is 0 Å². The van der Waals surface area contributed by atoms with Crippen LogP contribution in [0.1, 0.15) is 30.3 Å². The van der Waals surface area contributed by atoms with Gasteiger partial charge in [0.1, 0.15) is 5.69 Å². The summed E-state index contributed by atoms with van der Waals surface area (Å²) in [7, 11) is 0. The monoisotopic (exact) mass is 322 g/mol. The van der Waals surface area contributed by atoms with Crippen molar-refractivity contribution in [1.82, 2.24) is 20.3 Å². The molecule has 2 aromatic carbocycles. The van der Waals surface area contributed by atoms with Crippen LogP contribution in [0, 0.1) is 0 Å². The number of hydrogen-bond donors (Lipinski definition) is 2. The van der Waals surface area contributed by atoms with Crippen LogP contribution in [-0.2, 0) is 4.79 Å². The molecule has 0 fully saturated rings. The van der Waals surface area contributed by atoms with E-state index in [-0.39, 0.29) is 6.04 Å². The van der Waals surface area contributed by atoms with Crippen molar-refractivity contribution in [3.63, 3.8) is 0 Å². The summed E-state index contributed by atoms with van der Waals surface area (Å²) < 4.78 is 1.64. The first-order valence-electron chi connectivity index (χ1n) is 7.66. The van der Waals surface area contributed by atoms with Gasteiger partial charge in [0.05, 0.1) is 17.9 Å². The van der Waals surface area contributed by atoms with Crippen molar-refractivity contribution < 1.29 is 9.90 Å². The van der Waals surface area contributed by atoms with Crippen LogP contribution in [0.4, 0.5) is 0 Å². The molecule has 6 heteroatoms. The van der Waals surface area contributed by atoms with Crippen molar-refractivity contribution in [2.75, 3.05) is 0 Å². The van der Waals surface area contributed by atoms with E-state index in [0.717, 1.165) is 5.69 Å². The number of aromatic nitrogens is 3. The van der Waals surface area contributed by atoms with Crippen LogP contribution in [0.15, 0.2) is 66.9 Å². The highest BCUT2D eigenvalue weighted by atomic mass is 16.3. The van der Waals surface area contributed by atoms with E-state index in [1.54, 1.807) is 42.1 Å². The zero-order chi connectivity index (χ0) is 16.9. The number of benzene rings is 2. The maximum Gasteiger partial charge on any atom is 0.254 e. The highest BCUT2D eigenvalue weighted by molar-refractivity contribution is 5.82. The normalized spacial score (nSPS) is 13.2. The molecule has 1 aromatic heterocycles. The first-order chi connectivity index (χ1) is 11.6. The predicted octanol–water partition coefficient (Wildman–Crippen LogP) is 2.18. The SMILES string of the molecule is CC(NC(=O)C(O)c1ccccc1)c1cn(-c2ccccc2)nn1. The zero-order valence-electron chi connectivity index (χ0n) is 13.2. The summed E-state index contributed by atoms with van der Waals surface area (Å²) >= 11 is 0. The van der Waals surface area contributed by atoms with Gasteiger partial charge < -0.3 is 10.4 Å². The summed E-state index contributed by atoms with van der Waals surface area (Å²) in [5, 5.41) is 21.0. The molecule has 0 saturated carbocycles. The number of nitrogens with one attached hydrogen (secondary N) is 1. The number of rotatable bonds is 5. The van der Waals surface area contributed by atoms with Crippen molar-refractivity contribution >= 4 is 5.91 Å².